The smallest absolute Gasteiger partial charge is 0.382 e. The van der Waals surface area contributed by atoms with Gasteiger partial charge in [0.05, 0.1) is 11.5 Å². The summed E-state index contributed by atoms with van der Waals surface area (Å²) in [6.45, 7) is -0.918. The van der Waals surface area contributed by atoms with Gasteiger partial charge in [0, 0.05) is 16.7 Å². The molecule has 1 atom stereocenters. The molecule has 1 unspecified atom stereocenters. The molecule has 1 aromatic heterocycles. The molecule has 18 heavy (non-hydrogen) atoms. The lowest BCUT2D eigenvalue weighted by molar-refractivity contribution is -0.384. The number of aliphatic hydroxyl groups excluding tert-OH is 1. The monoisotopic (exact) mass is 329 g/mol. The topological polar surface area (TPSA) is 88.3 Å². The molecule has 1 heterocycles. The molecule has 0 aliphatic heterocycles. The van der Waals surface area contributed by atoms with Gasteiger partial charge < -0.3 is 10.4 Å². The first-order chi connectivity index (χ1) is 8.21. The summed E-state index contributed by atoms with van der Waals surface area (Å²) in [4.78, 5) is 13.4. The minimum Gasteiger partial charge on any atom is -0.382 e. The van der Waals surface area contributed by atoms with Crippen LogP contribution in [0.25, 0.3) is 0 Å². The molecular formula is C8H7BrF3N3O3. The molecule has 0 aromatic carbocycles. The largest absolute Gasteiger partial charge is 0.416 e. The van der Waals surface area contributed by atoms with E-state index in [9.17, 15) is 23.3 Å². The molecule has 0 amide bonds. The van der Waals surface area contributed by atoms with Crippen molar-refractivity contribution in [1.29, 1.82) is 0 Å². The Labute approximate surface area is 107 Å². The summed E-state index contributed by atoms with van der Waals surface area (Å²) in [6.07, 6.45) is -6.23. The minimum atomic E-state index is -4.79. The number of aromatic nitrogens is 1. The number of nitro groups is 1. The van der Waals surface area contributed by atoms with Crippen molar-refractivity contribution < 1.29 is 23.2 Å². The highest BCUT2D eigenvalue weighted by molar-refractivity contribution is 9.10. The zero-order valence-electron chi connectivity index (χ0n) is 8.61. The van der Waals surface area contributed by atoms with Crippen molar-refractivity contribution >= 4 is 27.4 Å². The Balaban J connectivity index is 2.82. The molecule has 100 valence electrons. The van der Waals surface area contributed by atoms with E-state index in [1.165, 1.54) is 6.20 Å². The van der Waals surface area contributed by atoms with Crippen LogP contribution in [-0.2, 0) is 0 Å². The van der Waals surface area contributed by atoms with Gasteiger partial charge in [-0.2, -0.15) is 13.2 Å². The second-order valence-corrected chi connectivity index (χ2v) is 4.13. The number of nitrogens with one attached hydrogen (secondary N) is 1. The van der Waals surface area contributed by atoms with Crippen molar-refractivity contribution in [3.8, 4) is 0 Å². The van der Waals surface area contributed by atoms with Crippen LogP contribution >= 0.6 is 15.9 Å². The van der Waals surface area contributed by atoms with Crippen LogP contribution in [-0.4, -0.2) is 33.8 Å². The molecule has 0 radical (unpaired) electrons. The summed E-state index contributed by atoms with van der Waals surface area (Å²) in [7, 11) is 0. The van der Waals surface area contributed by atoms with E-state index in [0.717, 1.165) is 6.07 Å². The molecule has 0 spiro atoms. The van der Waals surface area contributed by atoms with Crippen molar-refractivity contribution in [2.75, 3.05) is 11.9 Å². The van der Waals surface area contributed by atoms with Gasteiger partial charge in [0.15, 0.2) is 6.10 Å². The van der Waals surface area contributed by atoms with Crippen molar-refractivity contribution in [2.24, 2.45) is 0 Å². The maximum Gasteiger partial charge on any atom is 0.416 e. The Kier molecular flexibility index (Phi) is 4.46. The highest BCUT2D eigenvalue weighted by Crippen LogP contribution is 2.26. The second kappa shape index (κ2) is 5.48. The quantitative estimate of drug-likeness (QED) is 0.652. The number of hydrogen-bond acceptors (Lipinski definition) is 5. The maximum atomic E-state index is 12.0. The van der Waals surface area contributed by atoms with E-state index in [2.05, 4.69) is 26.2 Å². The molecule has 2 N–H and O–H groups in total. The fraction of sp³-hybridized carbons (Fsp3) is 0.375. The standard InChI is InChI=1S/C8H7BrF3N3O3/c9-4-1-5(15(17)18)7(13-2-4)14-3-6(16)8(10,11)12/h1-2,6,16H,3H2,(H,13,14). The normalized spacial score (nSPS) is 13.2. The van der Waals surface area contributed by atoms with Crippen LogP contribution in [0.2, 0.25) is 0 Å². The summed E-state index contributed by atoms with van der Waals surface area (Å²) in [5, 5.41) is 21.5. The van der Waals surface area contributed by atoms with Gasteiger partial charge in [0.25, 0.3) is 0 Å². The lowest BCUT2D eigenvalue weighted by Crippen LogP contribution is -2.35. The van der Waals surface area contributed by atoms with Crippen LogP contribution in [0.1, 0.15) is 0 Å². The number of rotatable bonds is 4. The molecule has 6 nitrogen and oxygen atoms in total. The lowest BCUT2D eigenvalue weighted by atomic mass is 10.3. The lowest BCUT2D eigenvalue weighted by Gasteiger charge is -2.15. The van der Waals surface area contributed by atoms with Gasteiger partial charge in [-0.15, -0.1) is 0 Å². The zero-order valence-corrected chi connectivity index (χ0v) is 10.2. The second-order valence-electron chi connectivity index (χ2n) is 3.22. The number of aliphatic hydroxyl groups is 1. The van der Waals surface area contributed by atoms with Crippen LogP contribution in [0.5, 0.6) is 0 Å². The van der Waals surface area contributed by atoms with Crippen molar-refractivity contribution in [2.45, 2.75) is 12.3 Å². The number of nitrogens with zero attached hydrogens (tertiary/aromatic N) is 2. The van der Waals surface area contributed by atoms with Gasteiger partial charge in [-0.05, 0) is 15.9 Å². The summed E-state index contributed by atoms with van der Waals surface area (Å²) in [6, 6.07) is 1.09. The first-order valence-corrected chi connectivity index (χ1v) is 5.29. The minimum absolute atomic E-state index is 0.316. The summed E-state index contributed by atoms with van der Waals surface area (Å²) in [5.41, 5.74) is -0.487. The Morgan fingerprint density at radius 2 is 2.22 bits per heavy atom. The van der Waals surface area contributed by atoms with Crippen LogP contribution < -0.4 is 5.32 Å². The van der Waals surface area contributed by atoms with E-state index in [0.29, 0.717) is 4.47 Å². The maximum absolute atomic E-state index is 12.0. The fourth-order valence-electron chi connectivity index (χ4n) is 1.01. The van der Waals surface area contributed by atoms with Crippen LogP contribution in [0.4, 0.5) is 24.7 Å². The number of alkyl halides is 3. The average molecular weight is 330 g/mol. The van der Waals surface area contributed by atoms with Crippen molar-refractivity contribution in [3.63, 3.8) is 0 Å². The number of anilines is 1. The molecule has 0 fully saturated rings. The highest BCUT2D eigenvalue weighted by Gasteiger charge is 2.38. The number of hydrogen-bond donors (Lipinski definition) is 2. The summed E-state index contributed by atoms with van der Waals surface area (Å²) in [5.74, 6) is -0.341. The van der Waals surface area contributed by atoms with Gasteiger partial charge in [0.2, 0.25) is 5.82 Å². The fourth-order valence-corrected chi connectivity index (χ4v) is 1.33. The molecule has 0 saturated heterocycles. The van der Waals surface area contributed by atoms with Gasteiger partial charge in [0.1, 0.15) is 0 Å². The molecule has 0 aliphatic carbocycles. The first-order valence-electron chi connectivity index (χ1n) is 4.50. The van der Waals surface area contributed by atoms with Gasteiger partial charge in [-0.3, -0.25) is 10.1 Å². The summed E-state index contributed by atoms with van der Waals surface area (Å²) >= 11 is 2.95. The Bertz CT molecular complexity index is 455. The Hall–Kier alpha value is -1.42. The van der Waals surface area contributed by atoms with E-state index in [1.807, 2.05) is 0 Å². The van der Waals surface area contributed by atoms with Gasteiger partial charge >= 0.3 is 11.9 Å². The van der Waals surface area contributed by atoms with E-state index < -0.39 is 29.4 Å². The van der Waals surface area contributed by atoms with Crippen LogP contribution in [0, 0.1) is 10.1 Å². The zero-order chi connectivity index (χ0) is 13.9. The average Bonchev–Trinajstić information content (AvgIpc) is 2.25. The SMILES string of the molecule is O=[N+]([O-])c1cc(Br)cnc1NCC(O)C(F)(F)F. The van der Waals surface area contributed by atoms with E-state index in [1.54, 1.807) is 0 Å². The molecule has 10 heteroatoms. The van der Waals surface area contributed by atoms with Crippen LogP contribution in [0.3, 0.4) is 0 Å². The first kappa shape index (κ1) is 14.6. The van der Waals surface area contributed by atoms with Gasteiger partial charge in [-0.1, -0.05) is 0 Å². The predicted molar refractivity (Wildman–Crippen MR) is 59.1 cm³/mol. The van der Waals surface area contributed by atoms with E-state index in [4.69, 9.17) is 5.11 Å². The third-order valence-corrected chi connectivity index (χ3v) is 2.31. The Morgan fingerprint density at radius 3 is 2.72 bits per heavy atom. The highest BCUT2D eigenvalue weighted by atomic mass is 79.9. The number of pyridine rings is 1. The Morgan fingerprint density at radius 1 is 1.61 bits per heavy atom. The van der Waals surface area contributed by atoms with Gasteiger partial charge in [-0.25, -0.2) is 4.98 Å². The third-order valence-electron chi connectivity index (χ3n) is 1.87. The van der Waals surface area contributed by atoms with Crippen molar-refractivity contribution in [1.82, 2.24) is 4.98 Å². The third kappa shape index (κ3) is 3.81. The molecule has 1 rings (SSSR count). The molecule has 0 aliphatic rings. The molecule has 0 saturated carbocycles. The van der Waals surface area contributed by atoms with E-state index in [-0.39, 0.29) is 5.82 Å². The van der Waals surface area contributed by atoms with Crippen LogP contribution in [0.15, 0.2) is 16.7 Å². The molecular weight excluding hydrogens is 323 g/mol. The van der Waals surface area contributed by atoms with E-state index >= 15 is 0 Å². The molecule has 1 aromatic rings. The molecule has 0 bridgehead atoms. The summed E-state index contributed by atoms with van der Waals surface area (Å²) < 4.78 is 36.4. The van der Waals surface area contributed by atoms with Crippen molar-refractivity contribution in [3.05, 3.63) is 26.9 Å². The predicted octanol–water partition coefficient (Wildman–Crippen LogP) is 2.09. The number of halogens is 4.